The van der Waals surface area contributed by atoms with E-state index in [1.165, 1.54) is 49.4 Å². The van der Waals surface area contributed by atoms with Gasteiger partial charge in [0.25, 0.3) is 11.8 Å². The van der Waals surface area contributed by atoms with Crippen molar-refractivity contribution < 1.29 is 33.4 Å². The highest BCUT2D eigenvalue weighted by Gasteiger charge is 2.25. The number of hydrogen-bond donors (Lipinski definition) is 0. The Kier molecular flexibility index (Phi) is 7.15. The first-order valence-electron chi connectivity index (χ1n) is 12.2. The van der Waals surface area contributed by atoms with Gasteiger partial charge in [0.1, 0.15) is 11.5 Å². The molecule has 0 aromatic heterocycles. The Balaban J connectivity index is 1.20. The molecule has 0 bridgehead atoms. The molecular formula is C32H21NO7. The van der Waals surface area contributed by atoms with Crippen LogP contribution in [0.5, 0.6) is 11.5 Å². The molecule has 0 aliphatic carbocycles. The van der Waals surface area contributed by atoms with Crippen LogP contribution in [0.4, 0.5) is 5.69 Å². The number of carbonyl (C=O) groups is 5. The fourth-order valence-electron chi connectivity index (χ4n) is 4.03. The van der Waals surface area contributed by atoms with Gasteiger partial charge in [0, 0.05) is 17.7 Å². The summed E-state index contributed by atoms with van der Waals surface area (Å²) in [6.07, 6.45) is 2.38. The summed E-state index contributed by atoms with van der Waals surface area (Å²) in [5, 5.41) is 0. The lowest BCUT2D eigenvalue weighted by Gasteiger charge is -2.14. The second-order valence-electron chi connectivity index (χ2n) is 8.86. The molecule has 8 heteroatoms. The average Bonchev–Trinajstić information content (AvgIpc) is 3.31. The van der Waals surface area contributed by atoms with Crippen LogP contribution in [0.25, 0.3) is 11.1 Å². The fourth-order valence-corrected chi connectivity index (χ4v) is 4.03. The normalized spacial score (nSPS) is 12.4. The van der Waals surface area contributed by atoms with Crippen LogP contribution in [-0.4, -0.2) is 29.5 Å². The third-order valence-corrected chi connectivity index (χ3v) is 6.14. The Hall–Kier alpha value is -5.63. The van der Waals surface area contributed by atoms with Gasteiger partial charge < -0.3 is 9.47 Å². The topological polar surface area (TPSA) is 107 Å². The number of nitrogens with zero attached hydrogens (tertiary/aromatic N) is 1. The molecule has 0 unspecified atom stereocenters. The van der Waals surface area contributed by atoms with Crippen LogP contribution in [-0.2, 0) is 9.59 Å². The maximum absolute atomic E-state index is 12.6. The van der Waals surface area contributed by atoms with Crippen molar-refractivity contribution in [2.45, 2.75) is 6.92 Å². The predicted molar refractivity (Wildman–Crippen MR) is 146 cm³/mol. The molecule has 0 spiro atoms. The molecule has 0 radical (unpaired) electrons. The van der Waals surface area contributed by atoms with Gasteiger partial charge in [-0.25, -0.2) is 14.5 Å². The summed E-state index contributed by atoms with van der Waals surface area (Å²) < 4.78 is 10.9. The fraction of sp³-hybridized carbons (Fsp3) is 0.0312. The summed E-state index contributed by atoms with van der Waals surface area (Å²) in [7, 11) is 0. The molecule has 1 aliphatic heterocycles. The van der Waals surface area contributed by atoms with Gasteiger partial charge in [-0.3, -0.25) is 14.4 Å². The number of amides is 2. The molecule has 196 valence electrons. The highest BCUT2D eigenvalue weighted by molar-refractivity contribution is 6.28. The number of anilines is 1. The van der Waals surface area contributed by atoms with Crippen molar-refractivity contribution >= 4 is 35.2 Å². The van der Waals surface area contributed by atoms with Crippen LogP contribution < -0.4 is 14.4 Å². The monoisotopic (exact) mass is 531 g/mol. The van der Waals surface area contributed by atoms with Crippen LogP contribution >= 0.6 is 0 Å². The zero-order valence-electron chi connectivity index (χ0n) is 21.2. The van der Waals surface area contributed by atoms with E-state index in [1.54, 1.807) is 66.7 Å². The molecule has 4 aromatic carbocycles. The minimum Gasteiger partial charge on any atom is -0.423 e. The number of rotatable bonds is 7. The van der Waals surface area contributed by atoms with Crippen molar-refractivity contribution in [1.82, 2.24) is 0 Å². The summed E-state index contributed by atoms with van der Waals surface area (Å²) in [5.41, 5.74) is 3.05. The largest absolute Gasteiger partial charge is 0.423 e. The van der Waals surface area contributed by atoms with Crippen LogP contribution in [0.3, 0.4) is 0 Å². The van der Waals surface area contributed by atoms with Gasteiger partial charge in [0.2, 0.25) is 0 Å². The van der Waals surface area contributed by atoms with Crippen LogP contribution in [0.2, 0.25) is 0 Å². The quantitative estimate of drug-likeness (QED) is 0.136. The Morgan fingerprint density at radius 3 is 1.55 bits per heavy atom. The van der Waals surface area contributed by atoms with Crippen molar-refractivity contribution in [1.29, 1.82) is 0 Å². The van der Waals surface area contributed by atoms with Gasteiger partial charge in [-0.1, -0.05) is 36.4 Å². The summed E-state index contributed by atoms with van der Waals surface area (Å²) in [4.78, 5) is 61.2. The molecule has 0 atom stereocenters. The second-order valence-corrected chi connectivity index (χ2v) is 8.86. The lowest BCUT2D eigenvalue weighted by molar-refractivity contribution is -0.120. The van der Waals surface area contributed by atoms with Gasteiger partial charge >= 0.3 is 11.9 Å². The molecule has 40 heavy (non-hydrogen) atoms. The Labute approximate surface area is 229 Å². The van der Waals surface area contributed by atoms with Crippen molar-refractivity contribution in [2.75, 3.05) is 4.90 Å². The maximum Gasteiger partial charge on any atom is 0.343 e. The van der Waals surface area contributed by atoms with E-state index < -0.39 is 23.8 Å². The van der Waals surface area contributed by atoms with E-state index in [9.17, 15) is 24.0 Å². The SMILES string of the molecule is CC(=O)c1cccc(C(=O)Oc2ccc(-c3ccc(OC(=O)c4ccc(N5C(=O)C=CC5=O)cc4)cc3)cc2)c1. The first kappa shape index (κ1) is 26.0. The van der Waals surface area contributed by atoms with Crippen LogP contribution in [0.1, 0.15) is 38.0 Å². The minimum atomic E-state index is -0.587. The standard InChI is InChI=1S/C32H21NO7/c1-20(34)24-3-2-4-25(19-24)32(38)40-28-15-9-22(10-16-28)21-7-13-27(14-8-21)39-31(37)23-5-11-26(12-6-23)33-29(35)17-18-30(33)36/h2-19H,1H3. The van der Waals surface area contributed by atoms with E-state index in [2.05, 4.69) is 0 Å². The van der Waals surface area contributed by atoms with E-state index in [4.69, 9.17) is 9.47 Å². The van der Waals surface area contributed by atoms with Gasteiger partial charge in [-0.15, -0.1) is 0 Å². The molecule has 0 fully saturated rings. The molecule has 0 saturated carbocycles. The second kappa shape index (κ2) is 11.0. The number of ketones is 1. The number of carbonyl (C=O) groups excluding carboxylic acids is 5. The smallest absolute Gasteiger partial charge is 0.343 e. The first-order valence-corrected chi connectivity index (χ1v) is 12.2. The molecule has 0 saturated heterocycles. The van der Waals surface area contributed by atoms with E-state index in [0.29, 0.717) is 22.7 Å². The number of benzene rings is 4. The van der Waals surface area contributed by atoms with Crippen molar-refractivity contribution in [2.24, 2.45) is 0 Å². The Morgan fingerprint density at radius 1 is 0.575 bits per heavy atom. The number of imide groups is 1. The number of hydrogen-bond acceptors (Lipinski definition) is 7. The van der Waals surface area contributed by atoms with E-state index in [0.717, 1.165) is 16.0 Å². The van der Waals surface area contributed by atoms with Gasteiger partial charge in [-0.05, 0) is 78.7 Å². The summed E-state index contributed by atoms with van der Waals surface area (Å²) >= 11 is 0. The molecule has 0 N–H and O–H groups in total. The molecule has 4 aromatic rings. The third-order valence-electron chi connectivity index (χ3n) is 6.14. The summed E-state index contributed by atoms with van der Waals surface area (Å²) in [5.74, 6) is -1.47. The van der Waals surface area contributed by atoms with Crippen molar-refractivity contribution in [3.8, 4) is 22.6 Å². The summed E-state index contributed by atoms with van der Waals surface area (Å²) in [6.45, 7) is 1.43. The molecule has 1 aliphatic rings. The summed E-state index contributed by atoms with van der Waals surface area (Å²) in [6, 6.07) is 26.2. The lowest BCUT2D eigenvalue weighted by Crippen LogP contribution is -2.29. The van der Waals surface area contributed by atoms with Crippen LogP contribution in [0.15, 0.2) is 109 Å². The highest BCUT2D eigenvalue weighted by atomic mass is 16.5. The van der Waals surface area contributed by atoms with E-state index >= 15 is 0 Å². The molecule has 2 amide bonds. The number of esters is 2. The molecule has 5 rings (SSSR count). The third kappa shape index (κ3) is 5.61. The van der Waals surface area contributed by atoms with Crippen LogP contribution in [0, 0.1) is 0 Å². The van der Waals surface area contributed by atoms with Gasteiger partial charge in [-0.2, -0.15) is 0 Å². The predicted octanol–water partition coefficient (Wildman–Crippen LogP) is 5.42. The zero-order chi connectivity index (χ0) is 28.2. The van der Waals surface area contributed by atoms with E-state index in [1.807, 2.05) is 0 Å². The average molecular weight is 532 g/mol. The highest BCUT2D eigenvalue weighted by Crippen LogP contribution is 2.26. The van der Waals surface area contributed by atoms with E-state index in [-0.39, 0.29) is 16.9 Å². The first-order chi connectivity index (χ1) is 19.3. The number of Topliss-reactive ketones (excluding diaryl/α,β-unsaturated/α-hetero) is 1. The molecule has 8 nitrogen and oxygen atoms in total. The molecular weight excluding hydrogens is 510 g/mol. The zero-order valence-corrected chi connectivity index (χ0v) is 21.2. The van der Waals surface area contributed by atoms with Crippen molar-refractivity contribution in [3.05, 3.63) is 126 Å². The lowest BCUT2D eigenvalue weighted by atomic mass is 10.1. The maximum atomic E-state index is 12.6. The Bertz CT molecular complexity index is 1650. The minimum absolute atomic E-state index is 0.137. The van der Waals surface area contributed by atoms with Crippen molar-refractivity contribution in [3.63, 3.8) is 0 Å². The molecule has 1 heterocycles. The van der Waals surface area contributed by atoms with Gasteiger partial charge in [0.15, 0.2) is 5.78 Å². The van der Waals surface area contributed by atoms with Gasteiger partial charge in [0.05, 0.1) is 16.8 Å². The number of ether oxygens (including phenoxy) is 2. The Morgan fingerprint density at radius 2 is 1.05 bits per heavy atom.